The molecule has 0 saturated carbocycles. The lowest BCUT2D eigenvalue weighted by Gasteiger charge is -2.15. The molecule has 0 aliphatic carbocycles. The minimum Gasteiger partial charge on any atom is -0.494 e. The minimum absolute atomic E-state index is 0.00378. The Balaban J connectivity index is 1.74. The largest absolute Gasteiger partial charge is 0.494 e. The first-order valence-corrected chi connectivity index (χ1v) is 8.77. The third kappa shape index (κ3) is 6.09. The van der Waals surface area contributed by atoms with Crippen LogP contribution in [0.15, 0.2) is 42.5 Å². The average Bonchev–Trinajstić information content (AvgIpc) is 2.65. The third-order valence-electron chi connectivity index (χ3n) is 4.13. The van der Waals surface area contributed by atoms with Gasteiger partial charge in [-0.1, -0.05) is 6.07 Å². The van der Waals surface area contributed by atoms with Crippen LogP contribution >= 0.6 is 0 Å². The third-order valence-corrected chi connectivity index (χ3v) is 4.13. The summed E-state index contributed by atoms with van der Waals surface area (Å²) in [4.78, 5) is 23.3. The van der Waals surface area contributed by atoms with Crippen molar-refractivity contribution in [3.63, 3.8) is 0 Å². The van der Waals surface area contributed by atoms with Crippen molar-refractivity contribution in [1.82, 2.24) is 5.32 Å². The number of benzene rings is 2. The van der Waals surface area contributed by atoms with Crippen molar-refractivity contribution in [2.75, 3.05) is 13.7 Å². The Morgan fingerprint density at radius 1 is 1.15 bits per heavy atom. The van der Waals surface area contributed by atoms with Crippen LogP contribution in [-0.4, -0.2) is 25.4 Å². The maximum atomic E-state index is 13.8. The maximum Gasteiger partial charge on any atom is 0.220 e. The molecule has 0 fully saturated rings. The van der Waals surface area contributed by atoms with Gasteiger partial charge < -0.3 is 14.8 Å². The van der Waals surface area contributed by atoms with E-state index in [1.54, 1.807) is 43.3 Å². The number of nitrogens with one attached hydrogen (secondary N) is 1. The van der Waals surface area contributed by atoms with Gasteiger partial charge >= 0.3 is 0 Å². The number of hydrogen-bond donors (Lipinski definition) is 1. The van der Waals surface area contributed by atoms with Crippen molar-refractivity contribution >= 4 is 11.7 Å². The molecular formula is C21H24FNO4. The Kier molecular flexibility index (Phi) is 7.34. The lowest BCUT2D eigenvalue weighted by atomic mass is 10.1. The van der Waals surface area contributed by atoms with Crippen molar-refractivity contribution < 1.29 is 23.5 Å². The van der Waals surface area contributed by atoms with Crippen molar-refractivity contribution in [1.29, 1.82) is 0 Å². The summed E-state index contributed by atoms with van der Waals surface area (Å²) < 4.78 is 24.2. The highest BCUT2D eigenvalue weighted by molar-refractivity contribution is 5.94. The maximum absolute atomic E-state index is 13.8. The molecule has 1 N–H and O–H groups in total. The van der Waals surface area contributed by atoms with Gasteiger partial charge in [-0.25, -0.2) is 4.39 Å². The van der Waals surface area contributed by atoms with Gasteiger partial charge in [0.25, 0.3) is 0 Å². The van der Waals surface area contributed by atoms with Crippen molar-refractivity contribution in [2.45, 2.75) is 32.7 Å². The lowest BCUT2D eigenvalue weighted by Crippen LogP contribution is -2.26. The number of halogens is 1. The fourth-order valence-electron chi connectivity index (χ4n) is 2.56. The second kappa shape index (κ2) is 9.71. The Bertz CT molecular complexity index is 789. The second-order valence-corrected chi connectivity index (χ2v) is 6.22. The van der Waals surface area contributed by atoms with Gasteiger partial charge in [-0.3, -0.25) is 9.59 Å². The van der Waals surface area contributed by atoms with E-state index < -0.39 is 5.82 Å². The first-order valence-electron chi connectivity index (χ1n) is 8.77. The molecule has 5 nitrogen and oxygen atoms in total. The van der Waals surface area contributed by atoms with Crippen LogP contribution in [0.2, 0.25) is 0 Å². The van der Waals surface area contributed by atoms with E-state index in [0.717, 1.165) is 0 Å². The van der Waals surface area contributed by atoms with E-state index >= 15 is 0 Å². The standard InChI is InChI=1S/C21H24FNO4/c1-14(17-8-11-20(26-3)19(22)13-17)23-21(25)5-4-12-27-18-9-6-16(7-10-18)15(2)24/h6-11,13-14H,4-5,12H2,1-3H3,(H,23,25). The molecular weight excluding hydrogens is 349 g/mol. The van der Waals surface area contributed by atoms with Gasteiger partial charge in [-0.05, 0) is 62.2 Å². The summed E-state index contributed by atoms with van der Waals surface area (Å²) >= 11 is 0. The average molecular weight is 373 g/mol. The number of hydrogen-bond acceptors (Lipinski definition) is 4. The molecule has 0 radical (unpaired) electrons. The molecule has 144 valence electrons. The van der Waals surface area contributed by atoms with Gasteiger partial charge in [0.05, 0.1) is 19.8 Å². The zero-order valence-corrected chi connectivity index (χ0v) is 15.8. The lowest BCUT2D eigenvalue weighted by molar-refractivity contribution is -0.121. The normalized spacial score (nSPS) is 11.6. The molecule has 1 atom stereocenters. The van der Waals surface area contributed by atoms with Gasteiger partial charge in [0.15, 0.2) is 17.3 Å². The number of methoxy groups -OCH3 is 1. The van der Waals surface area contributed by atoms with Gasteiger partial charge in [0.2, 0.25) is 5.91 Å². The van der Waals surface area contributed by atoms with Crippen LogP contribution < -0.4 is 14.8 Å². The predicted octanol–water partition coefficient (Wildman–Crippen LogP) is 4.07. The molecule has 1 unspecified atom stereocenters. The zero-order chi connectivity index (χ0) is 19.8. The smallest absolute Gasteiger partial charge is 0.220 e. The number of rotatable bonds is 9. The molecule has 0 bridgehead atoms. The van der Waals surface area contributed by atoms with E-state index in [4.69, 9.17) is 9.47 Å². The monoisotopic (exact) mass is 373 g/mol. The fourth-order valence-corrected chi connectivity index (χ4v) is 2.56. The summed E-state index contributed by atoms with van der Waals surface area (Å²) in [5, 5.41) is 2.84. The van der Waals surface area contributed by atoms with E-state index in [2.05, 4.69) is 5.32 Å². The molecule has 2 rings (SSSR count). The summed E-state index contributed by atoms with van der Waals surface area (Å²) in [7, 11) is 1.41. The molecule has 27 heavy (non-hydrogen) atoms. The van der Waals surface area contributed by atoms with Crippen molar-refractivity contribution in [2.24, 2.45) is 0 Å². The molecule has 6 heteroatoms. The summed E-state index contributed by atoms with van der Waals surface area (Å²) in [6.45, 7) is 3.69. The summed E-state index contributed by atoms with van der Waals surface area (Å²) in [6, 6.07) is 11.2. The van der Waals surface area contributed by atoms with Gasteiger partial charge in [0.1, 0.15) is 5.75 Å². The number of ketones is 1. The summed E-state index contributed by atoms with van der Waals surface area (Å²) in [6.07, 6.45) is 0.846. The highest BCUT2D eigenvalue weighted by atomic mass is 19.1. The molecule has 0 saturated heterocycles. The Hall–Kier alpha value is -2.89. The first-order chi connectivity index (χ1) is 12.9. The van der Waals surface area contributed by atoms with Crippen LogP contribution in [0.25, 0.3) is 0 Å². The highest BCUT2D eigenvalue weighted by Gasteiger charge is 2.12. The number of Topliss-reactive ketones (excluding diaryl/α,β-unsaturated/α-hetero) is 1. The molecule has 2 aromatic carbocycles. The summed E-state index contributed by atoms with van der Waals surface area (Å²) in [5.41, 5.74) is 1.30. The van der Waals surface area contributed by atoms with Gasteiger partial charge in [0, 0.05) is 12.0 Å². The Labute approximate surface area is 158 Å². The molecule has 0 aliphatic rings. The SMILES string of the molecule is COc1ccc(C(C)NC(=O)CCCOc2ccc(C(C)=O)cc2)cc1F. The minimum atomic E-state index is -0.458. The van der Waals surface area contributed by atoms with Crippen LogP contribution in [0.5, 0.6) is 11.5 Å². The van der Waals surface area contributed by atoms with Gasteiger partial charge in [-0.15, -0.1) is 0 Å². The predicted molar refractivity (Wildman–Crippen MR) is 101 cm³/mol. The van der Waals surface area contributed by atoms with Crippen molar-refractivity contribution in [3.8, 4) is 11.5 Å². The van der Waals surface area contributed by atoms with E-state index in [1.165, 1.54) is 20.1 Å². The Morgan fingerprint density at radius 2 is 1.85 bits per heavy atom. The number of amides is 1. The van der Waals surface area contributed by atoms with E-state index in [9.17, 15) is 14.0 Å². The number of carbonyl (C=O) groups is 2. The molecule has 2 aromatic rings. The number of ether oxygens (including phenoxy) is 2. The van der Waals surface area contributed by atoms with Gasteiger partial charge in [-0.2, -0.15) is 0 Å². The van der Waals surface area contributed by atoms with Crippen molar-refractivity contribution in [3.05, 3.63) is 59.4 Å². The van der Waals surface area contributed by atoms with Crippen LogP contribution in [0.1, 0.15) is 48.7 Å². The van der Waals surface area contributed by atoms with Crippen LogP contribution in [0.3, 0.4) is 0 Å². The topological polar surface area (TPSA) is 64.6 Å². The molecule has 0 spiro atoms. The Morgan fingerprint density at radius 3 is 2.44 bits per heavy atom. The first kappa shape index (κ1) is 20.4. The van der Waals surface area contributed by atoms with E-state index in [-0.39, 0.29) is 23.5 Å². The molecule has 1 amide bonds. The van der Waals surface area contributed by atoms with E-state index in [0.29, 0.717) is 36.3 Å². The zero-order valence-electron chi connectivity index (χ0n) is 15.8. The summed E-state index contributed by atoms with van der Waals surface area (Å²) in [5.74, 6) is 0.242. The van der Waals surface area contributed by atoms with Crippen LogP contribution in [-0.2, 0) is 4.79 Å². The molecule has 0 heterocycles. The van der Waals surface area contributed by atoms with Crippen LogP contribution in [0.4, 0.5) is 4.39 Å². The molecule has 0 aromatic heterocycles. The fraction of sp³-hybridized carbons (Fsp3) is 0.333. The highest BCUT2D eigenvalue weighted by Crippen LogP contribution is 2.21. The quantitative estimate of drug-likeness (QED) is 0.531. The van der Waals surface area contributed by atoms with E-state index in [1.807, 2.05) is 0 Å². The second-order valence-electron chi connectivity index (χ2n) is 6.22. The number of carbonyl (C=O) groups excluding carboxylic acids is 2. The van der Waals surface area contributed by atoms with Crippen LogP contribution in [0, 0.1) is 5.82 Å². The molecule has 0 aliphatic heterocycles.